The van der Waals surface area contributed by atoms with Crippen molar-refractivity contribution in [3.8, 4) is 0 Å². The number of nitrogens with one attached hydrogen (secondary N) is 1. The lowest BCUT2D eigenvalue weighted by atomic mass is 10.2. The molecular formula is C8H8BrF2NO2S. The first kappa shape index (κ1) is 12.5. The first-order valence-electron chi connectivity index (χ1n) is 3.92. The Balaban J connectivity index is 2.71. The molecule has 0 bridgehead atoms. The van der Waals surface area contributed by atoms with E-state index in [1.807, 2.05) is 0 Å². The van der Waals surface area contributed by atoms with Crippen molar-refractivity contribution in [2.75, 3.05) is 4.66 Å². The van der Waals surface area contributed by atoms with Crippen LogP contribution >= 0.6 is 15.9 Å². The lowest BCUT2D eigenvalue weighted by molar-refractivity contribution is 0.506. The fourth-order valence-corrected chi connectivity index (χ4v) is 1.83. The molecule has 84 valence electrons. The Morgan fingerprint density at radius 3 is 2.47 bits per heavy atom. The van der Waals surface area contributed by atoms with Gasteiger partial charge in [0.2, 0.25) is 10.0 Å². The molecule has 0 unspecified atom stereocenters. The maximum Gasteiger partial charge on any atom is 0.221 e. The first-order valence-corrected chi connectivity index (χ1v) is 6.69. The van der Waals surface area contributed by atoms with Gasteiger partial charge in [0.25, 0.3) is 0 Å². The van der Waals surface area contributed by atoms with Gasteiger partial charge in [-0.2, -0.15) is 0 Å². The van der Waals surface area contributed by atoms with E-state index in [0.717, 1.165) is 12.1 Å². The summed E-state index contributed by atoms with van der Waals surface area (Å²) in [5, 5.41) is 0. The van der Waals surface area contributed by atoms with Gasteiger partial charge in [-0.1, -0.05) is 22.0 Å². The zero-order valence-corrected chi connectivity index (χ0v) is 9.91. The van der Waals surface area contributed by atoms with Gasteiger partial charge in [-0.25, -0.2) is 21.9 Å². The van der Waals surface area contributed by atoms with Crippen LogP contribution in [0.5, 0.6) is 0 Å². The van der Waals surface area contributed by atoms with Crippen LogP contribution in [0.4, 0.5) is 8.78 Å². The number of benzene rings is 1. The van der Waals surface area contributed by atoms with E-state index in [0.29, 0.717) is 5.56 Å². The Morgan fingerprint density at radius 2 is 1.93 bits per heavy atom. The van der Waals surface area contributed by atoms with Gasteiger partial charge in [-0.15, -0.1) is 0 Å². The quantitative estimate of drug-likeness (QED) is 0.861. The molecule has 1 rings (SSSR count). The summed E-state index contributed by atoms with van der Waals surface area (Å²) in [6.45, 7) is -0.0644. The topological polar surface area (TPSA) is 46.2 Å². The Hall–Kier alpha value is -0.530. The molecule has 0 saturated heterocycles. The van der Waals surface area contributed by atoms with E-state index in [4.69, 9.17) is 0 Å². The molecule has 0 aliphatic carbocycles. The fraction of sp³-hybridized carbons (Fsp3) is 0.250. The Labute approximate surface area is 94.7 Å². The average Bonchev–Trinajstić information content (AvgIpc) is 2.20. The van der Waals surface area contributed by atoms with Crippen LogP contribution in [0.1, 0.15) is 5.56 Å². The zero-order chi connectivity index (χ0) is 11.5. The largest absolute Gasteiger partial charge is 0.221 e. The third-order valence-corrected chi connectivity index (χ3v) is 4.30. The number of alkyl halides is 1. The summed E-state index contributed by atoms with van der Waals surface area (Å²) in [6.07, 6.45) is 0. The van der Waals surface area contributed by atoms with Crippen molar-refractivity contribution in [2.24, 2.45) is 0 Å². The van der Waals surface area contributed by atoms with E-state index in [9.17, 15) is 17.2 Å². The van der Waals surface area contributed by atoms with Crippen LogP contribution in [0.2, 0.25) is 0 Å². The molecule has 7 heteroatoms. The second kappa shape index (κ2) is 5.00. The van der Waals surface area contributed by atoms with E-state index < -0.39 is 21.7 Å². The smallest absolute Gasteiger partial charge is 0.212 e. The SMILES string of the molecule is O=S(=O)(CBr)NCc1ccc(F)c(F)c1. The third-order valence-electron chi connectivity index (χ3n) is 1.62. The van der Waals surface area contributed by atoms with Crippen LogP contribution in [0.25, 0.3) is 0 Å². The van der Waals surface area contributed by atoms with Gasteiger partial charge in [0.1, 0.15) is 4.66 Å². The minimum absolute atomic E-state index is 0.0644. The van der Waals surface area contributed by atoms with E-state index in [-0.39, 0.29) is 11.2 Å². The van der Waals surface area contributed by atoms with Gasteiger partial charge in [-0.3, -0.25) is 0 Å². The van der Waals surface area contributed by atoms with Crippen LogP contribution < -0.4 is 4.72 Å². The molecule has 0 spiro atoms. The van der Waals surface area contributed by atoms with Crippen molar-refractivity contribution in [2.45, 2.75) is 6.54 Å². The van der Waals surface area contributed by atoms with Crippen LogP contribution in [0.15, 0.2) is 18.2 Å². The molecule has 0 amide bonds. The highest BCUT2D eigenvalue weighted by Gasteiger charge is 2.08. The van der Waals surface area contributed by atoms with E-state index >= 15 is 0 Å². The van der Waals surface area contributed by atoms with Gasteiger partial charge in [0, 0.05) is 6.54 Å². The molecule has 0 aliphatic rings. The Morgan fingerprint density at radius 1 is 1.27 bits per heavy atom. The highest BCUT2D eigenvalue weighted by atomic mass is 79.9. The predicted molar refractivity (Wildman–Crippen MR) is 55.9 cm³/mol. The van der Waals surface area contributed by atoms with Crippen molar-refractivity contribution in [1.82, 2.24) is 4.72 Å². The van der Waals surface area contributed by atoms with Crippen LogP contribution in [0, 0.1) is 11.6 Å². The molecule has 0 aliphatic heterocycles. The molecule has 0 fully saturated rings. The average molecular weight is 300 g/mol. The zero-order valence-electron chi connectivity index (χ0n) is 7.50. The van der Waals surface area contributed by atoms with Crippen molar-refractivity contribution in [3.05, 3.63) is 35.4 Å². The molecule has 0 atom stereocenters. The summed E-state index contributed by atoms with van der Waals surface area (Å²) in [7, 11) is -3.39. The summed E-state index contributed by atoms with van der Waals surface area (Å²) < 4.78 is 49.2. The second-order valence-electron chi connectivity index (χ2n) is 2.79. The highest BCUT2D eigenvalue weighted by Crippen LogP contribution is 2.08. The second-order valence-corrected chi connectivity index (χ2v) is 5.90. The van der Waals surface area contributed by atoms with E-state index in [1.54, 1.807) is 0 Å². The summed E-state index contributed by atoms with van der Waals surface area (Å²) in [6, 6.07) is 3.22. The summed E-state index contributed by atoms with van der Waals surface area (Å²) in [5.41, 5.74) is 0.360. The van der Waals surface area contributed by atoms with Gasteiger partial charge < -0.3 is 0 Å². The van der Waals surface area contributed by atoms with Crippen molar-refractivity contribution >= 4 is 26.0 Å². The number of hydrogen-bond donors (Lipinski definition) is 1. The highest BCUT2D eigenvalue weighted by molar-refractivity contribution is 9.10. The van der Waals surface area contributed by atoms with Crippen molar-refractivity contribution in [1.29, 1.82) is 0 Å². The molecule has 0 aromatic heterocycles. The molecule has 15 heavy (non-hydrogen) atoms. The van der Waals surface area contributed by atoms with Gasteiger partial charge in [0.15, 0.2) is 11.6 Å². The van der Waals surface area contributed by atoms with Crippen LogP contribution in [0.3, 0.4) is 0 Å². The molecule has 0 radical (unpaired) electrons. The monoisotopic (exact) mass is 299 g/mol. The van der Waals surface area contributed by atoms with E-state index in [1.165, 1.54) is 6.07 Å². The standard InChI is InChI=1S/C8H8BrF2NO2S/c9-5-15(13,14)12-4-6-1-2-7(10)8(11)3-6/h1-3,12H,4-5H2. The molecule has 3 nitrogen and oxygen atoms in total. The van der Waals surface area contributed by atoms with Crippen LogP contribution in [-0.2, 0) is 16.6 Å². The molecule has 1 N–H and O–H groups in total. The Kier molecular flexibility index (Phi) is 4.18. The van der Waals surface area contributed by atoms with Crippen molar-refractivity contribution < 1.29 is 17.2 Å². The molecule has 1 aromatic rings. The lowest BCUT2D eigenvalue weighted by Crippen LogP contribution is -2.23. The lowest BCUT2D eigenvalue weighted by Gasteiger charge is -2.04. The third kappa shape index (κ3) is 3.84. The van der Waals surface area contributed by atoms with E-state index in [2.05, 4.69) is 20.7 Å². The Bertz CT molecular complexity index is 450. The molecule has 0 saturated carbocycles. The van der Waals surface area contributed by atoms with Gasteiger partial charge >= 0.3 is 0 Å². The maximum atomic E-state index is 12.7. The first-order chi connectivity index (χ1) is 6.94. The number of hydrogen-bond acceptors (Lipinski definition) is 2. The summed E-state index contributed by atoms with van der Waals surface area (Å²) in [4.78, 5) is 0. The normalized spacial score (nSPS) is 11.7. The van der Waals surface area contributed by atoms with Crippen LogP contribution in [-0.4, -0.2) is 13.1 Å². The maximum absolute atomic E-state index is 12.7. The summed E-state index contributed by atoms with van der Waals surface area (Å²) in [5.74, 6) is -1.95. The van der Waals surface area contributed by atoms with Gasteiger partial charge in [0.05, 0.1) is 0 Å². The van der Waals surface area contributed by atoms with Gasteiger partial charge in [-0.05, 0) is 17.7 Å². The number of rotatable bonds is 4. The molecular weight excluding hydrogens is 292 g/mol. The minimum Gasteiger partial charge on any atom is -0.212 e. The predicted octanol–water partition coefficient (Wildman–Crippen LogP) is 1.74. The van der Waals surface area contributed by atoms with Crippen molar-refractivity contribution in [3.63, 3.8) is 0 Å². The number of halogens is 3. The molecule has 1 aromatic carbocycles. The molecule has 0 heterocycles. The summed E-state index contributed by atoms with van der Waals surface area (Å²) >= 11 is 2.79. The minimum atomic E-state index is -3.39. The number of sulfonamides is 1. The fourth-order valence-electron chi connectivity index (χ4n) is 0.881.